The van der Waals surface area contributed by atoms with Gasteiger partial charge in [-0.15, -0.1) is 11.3 Å². The van der Waals surface area contributed by atoms with Crippen LogP contribution in [0.15, 0.2) is 15.7 Å². The largest absolute Gasteiger partial charge is 0.241 e. The summed E-state index contributed by atoms with van der Waals surface area (Å²) in [6.45, 7) is 1.88. The van der Waals surface area contributed by atoms with Crippen LogP contribution in [0.4, 0.5) is 0 Å². The molecule has 10 heavy (non-hydrogen) atoms. The van der Waals surface area contributed by atoms with Gasteiger partial charge in [0.1, 0.15) is 14.1 Å². The molecule has 0 aromatic carbocycles. The molecule has 0 saturated carbocycles. The SMILES string of the molecule is Cc1csc(S(=N)(N)=O)c1. The van der Waals surface area contributed by atoms with Crippen LogP contribution in [-0.2, 0) is 9.92 Å². The standard InChI is InChI=1S/C5H8N2OS2/c1-4-2-5(9-3-4)10(6,7)8/h2-3H,1H3,(H3,6,7,8). The van der Waals surface area contributed by atoms with Gasteiger partial charge in [0, 0.05) is 0 Å². The second-order valence-corrected chi connectivity index (χ2v) is 4.85. The molecule has 56 valence electrons. The highest BCUT2D eigenvalue weighted by atomic mass is 32.2. The molecular formula is C5H8N2OS2. The summed E-state index contributed by atoms with van der Waals surface area (Å²) in [5.74, 6) is 0. The van der Waals surface area contributed by atoms with Crippen LogP contribution in [0.1, 0.15) is 5.56 Å². The fourth-order valence-corrected chi connectivity index (χ4v) is 2.27. The molecule has 0 amide bonds. The van der Waals surface area contributed by atoms with Gasteiger partial charge in [0.2, 0.25) is 0 Å². The van der Waals surface area contributed by atoms with E-state index in [2.05, 4.69) is 0 Å². The zero-order chi connectivity index (χ0) is 7.78. The number of nitrogens with one attached hydrogen (secondary N) is 1. The second-order valence-electron chi connectivity index (χ2n) is 2.04. The Morgan fingerprint density at radius 1 is 1.80 bits per heavy atom. The first-order chi connectivity index (χ1) is 4.50. The lowest BCUT2D eigenvalue weighted by atomic mass is 10.4. The quantitative estimate of drug-likeness (QED) is 0.666. The summed E-state index contributed by atoms with van der Waals surface area (Å²) >= 11 is 1.27. The molecule has 3 nitrogen and oxygen atoms in total. The van der Waals surface area contributed by atoms with Gasteiger partial charge in [-0.3, -0.25) is 0 Å². The fraction of sp³-hybridized carbons (Fsp3) is 0.200. The Morgan fingerprint density at radius 2 is 2.40 bits per heavy atom. The van der Waals surface area contributed by atoms with E-state index in [-0.39, 0.29) is 0 Å². The summed E-state index contributed by atoms with van der Waals surface area (Å²) in [6.07, 6.45) is 0. The lowest BCUT2D eigenvalue weighted by Crippen LogP contribution is -2.07. The molecule has 0 fully saturated rings. The van der Waals surface area contributed by atoms with Gasteiger partial charge >= 0.3 is 0 Å². The van der Waals surface area contributed by atoms with Crippen LogP contribution in [0.2, 0.25) is 0 Å². The molecule has 0 spiro atoms. The number of thiophene rings is 1. The average molecular weight is 176 g/mol. The zero-order valence-corrected chi connectivity index (χ0v) is 7.09. The molecule has 1 aromatic heterocycles. The van der Waals surface area contributed by atoms with Crippen molar-refractivity contribution in [2.45, 2.75) is 11.1 Å². The highest BCUT2D eigenvalue weighted by Crippen LogP contribution is 2.17. The van der Waals surface area contributed by atoms with E-state index in [4.69, 9.17) is 9.92 Å². The summed E-state index contributed by atoms with van der Waals surface area (Å²) in [4.78, 5) is 0. The Balaban J connectivity index is 3.21. The van der Waals surface area contributed by atoms with Crippen LogP contribution < -0.4 is 5.14 Å². The van der Waals surface area contributed by atoms with Crippen LogP contribution >= 0.6 is 11.3 Å². The van der Waals surface area contributed by atoms with Crippen LogP contribution in [0, 0.1) is 11.7 Å². The summed E-state index contributed by atoms with van der Waals surface area (Å²) < 4.78 is 18.3. The number of hydrogen-bond acceptors (Lipinski definition) is 3. The summed E-state index contributed by atoms with van der Waals surface area (Å²) in [7, 11) is -2.96. The third-order valence-electron chi connectivity index (χ3n) is 1.01. The molecule has 1 heterocycles. The van der Waals surface area contributed by atoms with Crippen LogP contribution in [0.25, 0.3) is 0 Å². The van der Waals surface area contributed by atoms with Crippen molar-refractivity contribution >= 4 is 21.3 Å². The van der Waals surface area contributed by atoms with Gasteiger partial charge in [0.15, 0.2) is 0 Å². The van der Waals surface area contributed by atoms with Crippen molar-refractivity contribution in [3.05, 3.63) is 17.0 Å². The van der Waals surface area contributed by atoms with Crippen molar-refractivity contribution in [1.29, 1.82) is 4.78 Å². The molecular weight excluding hydrogens is 168 g/mol. The Kier molecular flexibility index (Phi) is 1.80. The normalized spacial score (nSPS) is 16.6. The first-order valence-electron chi connectivity index (χ1n) is 2.62. The molecule has 5 heteroatoms. The van der Waals surface area contributed by atoms with Crippen molar-refractivity contribution in [2.24, 2.45) is 5.14 Å². The Hall–Kier alpha value is -0.390. The summed E-state index contributed by atoms with van der Waals surface area (Å²) in [5, 5.41) is 6.90. The number of hydrogen-bond donors (Lipinski definition) is 2. The highest BCUT2D eigenvalue weighted by molar-refractivity contribution is 7.92. The molecule has 1 aromatic rings. The smallest absolute Gasteiger partial charge is 0.141 e. The first-order valence-corrected chi connectivity index (χ1v) is 5.12. The minimum Gasteiger partial charge on any atom is -0.241 e. The van der Waals surface area contributed by atoms with Gasteiger partial charge in [-0.05, 0) is 23.9 Å². The van der Waals surface area contributed by atoms with Crippen molar-refractivity contribution in [2.75, 3.05) is 0 Å². The van der Waals surface area contributed by atoms with E-state index < -0.39 is 9.92 Å². The maximum absolute atomic E-state index is 10.9. The highest BCUT2D eigenvalue weighted by Gasteiger charge is 2.04. The average Bonchev–Trinajstić information content (AvgIpc) is 2.11. The predicted octanol–water partition coefficient (Wildman–Crippen LogP) is 1.34. The monoisotopic (exact) mass is 176 g/mol. The minimum atomic E-state index is -2.96. The van der Waals surface area contributed by atoms with Gasteiger partial charge in [0.25, 0.3) is 0 Å². The van der Waals surface area contributed by atoms with E-state index in [1.807, 2.05) is 12.3 Å². The summed E-state index contributed by atoms with van der Waals surface area (Å²) in [5.41, 5.74) is 1.01. The molecule has 1 atom stereocenters. The van der Waals surface area contributed by atoms with Crippen LogP contribution in [0.3, 0.4) is 0 Å². The van der Waals surface area contributed by atoms with E-state index in [1.54, 1.807) is 6.07 Å². The zero-order valence-electron chi connectivity index (χ0n) is 5.46. The second kappa shape index (κ2) is 2.34. The van der Waals surface area contributed by atoms with Gasteiger partial charge in [-0.1, -0.05) is 0 Å². The minimum absolute atomic E-state index is 0.449. The number of rotatable bonds is 1. The molecule has 0 aliphatic carbocycles. The molecule has 0 aliphatic heterocycles. The van der Waals surface area contributed by atoms with E-state index in [0.717, 1.165) is 5.56 Å². The van der Waals surface area contributed by atoms with Gasteiger partial charge in [-0.25, -0.2) is 14.1 Å². The number of nitrogens with two attached hydrogens (primary N) is 1. The molecule has 0 bridgehead atoms. The topological polar surface area (TPSA) is 66.9 Å². The Labute approximate surface area is 64.0 Å². The van der Waals surface area contributed by atoms with Crippen molar-refractivity contribution in [3.63, 3.8) is 0 Å². The number of aryl methyl sites for hydroxylation is 1. The first kappa shape index (κ1) is 7.71. The maximum Gasteiger partial charge on any atom is 0.141 e. The van der Waals surface area contributed by atoms with E-state index in [1.165, 1.54) is 11.3 Å². The van der Waals surface area contributed by atoms with Gasteiger partial charge in [-0.2, -0.15) is 0 Å². The molecule has 0 aliphatic rings. The fourth-order valence-electron chi connectivity index (χ4n) is 0.564. The van der Waals surface area contributed by atoms with Gasteiger partial charge < -0.3 is 0 Å². The maximum atomic E-state index is 10.9. The molecule has 1 unspecified atom stereocenters. The van der Waals surface area contributed by atoms with Crippen molar-refractivity contribution < 1.29 is 4.21 Å². The van der Waals surface area contributed by atoms with Crippen LogP contribution in [0.5, 0.6) is 0 Å². The van der Waals surface area contributed by atoms with Crippen molar-refractivity contribution in [1.82, 2.24) is 0 Å². The lowest BCUT2D eigenvalue weighted by Gasteiger charge is -1.91. The van der Waals surface area contributed by atoms with Gasteiger partial charge in [0.05, 0.1) is 0 Å². The third kappa shape index (κ3) is 1.56. The molecule has 0 radical (unpaired) electrons. The summed E-state index contributed by atoms with van der Waals surface area (Å²) in [6, 6.07) is 1.68. The molecule has 1 rings (SSSR count). The van der Waals surface area contributed by atoms with E-state index in [9.17, 15) is 4.21 Å². The lowest BCUT2D eigenvalue weighted by molar-refractivity contribution is 0.677. The Morgan fingerprint density at radius 3 is 2.60 bits per heavy atom. The van der Waals surface area contributed by atoms with E-state index >= 15 is 0 Å². The third-order valence-corrected chi connectivity index (χ3v) is 3.59. The molecule has 3 N–H and O–H groups in total. The van der Waals surface area contributed by atoms with E-state index in [0.29, 0.717) is 4.21 Å². The van der Waals surface area contributed by atoms with Crippen LogP contribution in [-0.4, -0.2) is 4.21 Å². The Bertz CT molecular complexity index is 325. The molecule has 0 saturated heterocycles. The predicted molar refractivity (Wildman–Crippen MR) is 42.4 cm³/mol. The van der Waals surface area contributed by atoms with Crippen molar-refractivity contribution in [3.8, 4) is 0 Å².